The minimum absolute atomic E-state index is 0. The van der Waals surface area contributed by atoms with E-state index in [0.717, 1.165) is 31.7 Å². The van der Waals surface area contributed by atoms with E-state index in [4.69, 9.17) is 20.9 Å². The predicted octanol–water partition coefficient (Wildman–Crippen LogP) is 5.88. The van der Waals surface area contributed by atoms with E-state index >= 15 is 0 Å². The lowest BCUT2D eigenvalue weighted by Crippen LogP contribution is -2.23. The van der Waals surface area contributed by atoms with Crippen LogP contribution in [-0.2, 0) is 22.3 Å². The first-order valence-electron chi connectivity index (χ1n) is 12.6. The van der Waals surface area contributed by atoms with Gasteiger partial charge in [-0.15, -0.1) is 0 Å². The maximum absolute atomic E-state index is 5.78. The van der Waals surface area contributed by atoms with Gasteiger partial charge in [0.05, 0.1) is 31.1 Å². The van der Waals surface area contributed by atoms with Gasteiger partial charge in [-0.05, 0) is 58.4 Å². The topological polar surface area (TPSA) is 83.4 Å². The summed E-state index contributed by atoms with van der Waals surface area (Å²) in [4.78, 5) is 4.44. The fourth-order valence-corrected chi connectivity index (χ4v) is 5.20. The van der Waals surface area contributed by atoms with Crippen molar-refractivity contribution in [1.82, 2.24) is 4.98 Å². The van der Waals surface area contributed by atoms with Crippen molar-refractivity contribution in [2.45, 2.75) is 32.5 Å². The number of hydrogen-bond donors (Lipinski definition) is 2. The highest BCUT2D eigenvalue weighted by Crippen LogP contribution is 2.34. The number of pyridine rings is 1. The van der Waals surface area contributed by atoms with Gasteiger partial charge >= 0.3 is 0 Å². The van der Waals surface area contributed by atoms with Gasteiger partial charge in [-0.3, -0.25) is 4.98 Å². The number of ether oxygens (including phenoxy) is 2. The third-order valence-corrected chi connectivity index (χ3v) is 6.91. The number of nitrogens with two attached hydrogens (primary N) is 2. The van der Waals surface area contributed by atoms with Crippen LogP contribution in [0.25, 0.3) is 22.4 Å². The highest BCUT2D eigenvalue weighted by Gasteiger charge is 2.23. The molecule has 0 radical (unpaired) electrons. The van der Waals surface area contributed by atoms with Crippen LogP contribution in [0.1, 0.15) is 41.9 Å². The Morgan fingerprint density at radius 1 is 0.649 bits per heavy atom. The number of nitrogens with zero attached hydrogens (tertiary/aromatic N) is 1. The van der Waals surface area contributed by atoms with Crippen molar-refractivity contribution in [3.8, 4) is 22.4 Å². The Labute approximate surface area is 220 Å². The second-order valence-electron chi connectivity index (χ2n) is 9.02. The number of benzene rings is 3. The normalized spacial score (nSPS) is 17.9. The SMILES string of the molecule is C.NC[C@@H]1OCCc2c(-c3ccccn3)cccc21.NC[C@H]1OCCc2c(-c3ccccc3)cccc21. The van der Waals surface area contributed by atoms with Crippen LogP contribution in [-0.4, -0.2) is 31.3 Å². The molecule has 2 atom stereocenters. The smallest absolute Gasteiger partial charge is 0.0950 e. The van der Waals surface area contributed by atoms with Crippen LogP contribution in [0.2, 0.25) is 0 Å². The van der Waals surface area contributed by atoms with Gasteiger partial charge in [-0.2, -0.15) is 0 Å². The fourth-order valence-electron chi connectivity index (χ4n) is 5.20. The third kappa shape index (κ3) is 5.81. The second kappa shape index (κ2) is 12.7. The molecule has 0 aliphatic carbocycles. The third-order valence-electron chi connectivity index (χ3n) is 6.91. The zero-order chi connectivity index (χ0) is 24.7. The zero-order valence-corrected chi connectivity index (χ0v) is 20.5. The lowest BCUT2D eigenvalue weighted by Gasteiger charge is -2.27. The molecule has 0 fully saturated rings. The number of rotatable bonds is 4. The maximum Gasteiger partial charge on any atom is 0.0950 e. The van der Waals surface area contributed by atoms with Crippen molar-refractivity contribution < 1.29 is 9.47 Å². The highest BCUT2D eigenvalue weighted by atomic mass is 16.5. The lowest BCUT2D eigenvalue weighted by molar-refractivity contribution is 0.0486. The molecule has 0 saturated heterocycles. The van der Waals surface area contributed by atoms with Crippen LogP contribution >= 0.6 is 0 Å². The van der Waals surface area contributed by atoms with Gasteiger partial charge < -0.3 is 20.9 Å². The number of fused-ring (bicyclic) bond motifs is 2. The average molecular weight is 496 g/mol. The van der Waals surface area contributed by atoms with Crippen LogP contribution in [0.15, 0.2) is 91.1 Å². The van der Waals surface area contributed by atoms with Gasteiger partial charge in [0.2, 0.25) is 0 Å². The molecule has 5 nitrogen and oxygen atoms in total. The monoisotopic (exact) mass is 495 g/mol. The van der Waals surface area contributed by atoms with Crippen LogP contribution in [0.5, 0.6) is 0 Å². The van der Waals surface area contributed by atoms with Crippen LogP contribution in [0.4, 0.5) is 0 Å². The summed E-state index contributed by atoms with van der Waals surface area (Å²) >= 11 is 0. The van der Waals surface area contributed by atoms with E-state index in [1.165, 1.54) is 38.9 Å². The summed E-state index contributed by atoms with van der Waals surface area (Å²) in [6, 6.07) is 29.2. The Kier molecular flexibility index (Phi) is 9.20. The molecule has 0 spiro atoms. The maximum atomic E-state index is 5.78. The fraction of sp³-hybridized carbons (Fsp3) is 0.281. The zero-order valence-electron chi connectivity index (χ0n) is 20.5. The van der Waals surface area contributed by atoms with Crippen molar-refractivity contribution in [2.75, 3.05) is 26.3 Å². The molecule has 4 aromatic rings. The summed E-state index contributed by atoms with van der Waals surface area (Å²) in [6.45, 7) is 2.57. The molecular formula is C32H37N3O2. The lowest BCUT2D eigenvalue weighted by atomic mass is 9.89. The summed E-state index contributed by atoms with van der Waals surface area (Å²) in [5.74, 6) is 0. The van der Waals surface area contributed by atoms with Gasteiger partial charge in [0.25, 0.3) is 0 Å². The van der Waals surface area contributed by atoms with Gasteiger partial charge in [0.1, 0.15) is 0 Å². The first kappa shape index (κ1) is 26.7. The Hall–Kier alpha value is -3.35. The molecule has 3 aromatic carbocycles. The van der Waals surface area contributed by atoms with Gasteiger partial charge in [-0.1, -0.05) is 80.2 Å². The molecule has 1 aromatic heterocycles. The van der Waals surface area contributed by atoms with Crippen molar-refractivity contribution in [3.05, 3.63) is 113 Å². The van der Waals surface area contributed by atoms with Gasteiger partial charge in [0.15, 0.2) is 0 Å². The summed E-state index contributed by atoms with van der Waals surface area (Å²) < 4.78 is 11.4. The Bertz CT molecular complexity index is 1180. The van der Waals surface area contributed by atoms with Crippen LogP contribution < -0.4 is 11.5 Å². The average Bonchev–Trinajstić information content (AvgIpc) is 2.97. The van der Waals surface area contributed by atoms with E-state index < -0.39 is 0 Å². The predicted molar refractivity (Wildman–Crippen MR) is 151 cm³/mol. The van der Waals surface area contributed by atoms with Crippen molar-refractivity contribution in [2.24, 2.45) is 11.5 Å². The van der Waals surface area contributed by atoms with Crippen LogP contribution in [0, 0.1) is 0 Å². The first-order chi connectivity index (χ1) is 17.8. The molecule has 192 valence electrons. The number of hydrogen-bond acceptors (Lipinski definition) is 5. The summed E-state index contributed by atoms with van der Waals surface area (Å²) in [5.41, 5.74) is 21.6. The Balaban J connectivity index is 0.000000168. The first-order valence-corrected chi connectivity index (χ1v) is 12.6. The van der Waals surface area contributed by atoms with Gasteiger partial charge in [-0.25, -0.2) is 0 Å². The largest absolute Gasteiger partial charge is 0.372 e. The molecule has 2 aliphatic heterocycles. The summed E-state index contributed by atoms with van der Waals surface area (Å²) in [7, 11) is 0. The van der Waals surface area contributed by atoms with Crippen molar-refractivity contribution >= 4 is 0 Å². The molecule has 0 amide bonds. The second-order valence-corrected chi connectivity index (χ2v) is 9.02. The molecule has 2 aliphatic rings. The van der Waals surface area contributed by atoms with E-state index in [1.807, 2.05) is 30.5 Å². The molecule has 5 heteroatoms. The molecule has 3 heterocycles. The van der Waals surface area contributed by atoms with E-state index in [0.29, 0.717) is 13.1 Å². The minimum atomic E-state index is 0. The molecule has 0 saturated carbocycles. The van der Waals surface area contributed by atoms with Crippen molar-refractivity contribution in [1.29, 1.82) is 0 Å². The molecular weight excluding hydrogens is 458 g/mol. The summed E-state index contributed by atoms with van der Waals surface area (Å²) in [6.07, 6.45) is 3.80. The Morgan fingerprint density at radius 3 is 1.78 bits per heavy atom. The van der Waals surface area contributed by atoms with E-state index in [9.17, 15) is 0 Å². The van der Waals surface area contributed by atoms with E-state index in [-0.39, 0.29) is 19.6 Å². The standard InChI is InChI=1S/C16H17NO.C15H16N2O.CH4/c17-11-16-15-8-4-7-13(14(15)9-10-18-16)12-5-2-1-3-6-12;16-10-15-13-5-3-4-12(11(13)7-9-18-15)14-6-1-2-8-17-14;/h1-8,16H,9-11,17H2;1-6,8,15H,7,9-10,16H2;1H4/t16-;15-;/m10./s1. The van der Waals surface area contributed by atoms with E-state index in [2.05, 4.69) is 65.6 Å². The molecule has 37 heavy (non-hydrogen) atoms. The molecule has 0 bridgehead atoms. The van der Waals surface area contributed by atoms with Crippen molar-refractivity contribution in [3.63, 3.8) is 0 Å². The highest BCUT2D eigenvalue weighted by molar-refractivity contribution is 5.69. The number of aromatic nitrogens is 1. The molecule has 0 unspecified atom stereocenters. The summed E-state index contributed by atoms with van der Waals surface area (Å²) in [5, 5.41) is 0. The minimum Gasteiger partial charge on any atom is -0.372 e. The molecule has 6 rings (SSSR count). The van der Waals surface area contributed by atoms with Gasteiger partial charge in [0, 0.05) is 24.8 Å². The Morgan fingerprint density at radius 2 is 1.22 bits per heavy atom. The van der Waals surface area contributed by atoms with Crippen LogP contribution in [0.3, 0.4) is 0 Å². The quantitative estimate of drug-likeness (QED) is 0.369. The molecule has 4 N–H and O–H groups in total. The van der Waals surface area contributed by atoms with E-state index in [1.54, 1.807) is 0 Å².